The highest BCUT2D eigenvalue weighted by molar-refractivity contribution is 7.18. The minimum Gasteiger partial charge on any atom is -0.457 e. The van der Waals surface area contributed by atoms with Gasteiger partial charge in [-0.15, -0.1) is 0 Å². The summed E-state index contributed by atoms with van der Waals surface area (Å²) in [7, 11) is 0. The Hall–Kier alpha value is -3.45. The number of ketones is 1. The number of para-hydroxylation sites is 1. The number of hydrogen-bond acceptors (Lipinski definition) is 6. The molecule has 2 aromatic carbocycles. The van der Waals surface area contributed by atoms with Gasteiger partial charge in [-0.2, -0.15) is 0 Å². The van der Waals surface area contributed by atoms with E-state index in [9.17, 15) is 9.59 Å². The van der Waals surface area contributed by atoms with E-state index < -0.39 is 5.91 Å². The summed E-state index contributed by atoms with van der Waals surface area (Å²) < 4.78 is 5.85. The Labute approximate surface area is 191 Å². The third kappa shape index (κ3) is 5.06. The summed E-state index contributed by atoms with van der Waals surface area (Å²) >= 11 is 1.31. The molecule has 0 unspecified atom stereocenters. The van der Waals surface area contributed by atoms with E-state index in [1.807, 2.05) is 54.6 Å². The zero-order valence-electron chi connectivity index (χ0n) is 17.7. The van der Waals surface area contributed by atoms with Gasteiger partial charge in [0.05, 0.1) is 5.69 Å². The zero-order valence-corrected chi connectivity index (χ0v) is 18.5. The number of hydrogen-bond donors (Lipinski definition) is 1. The van der Waals surface area contributed by atoms with Crippen LogP contribution < -0.4 is 15.4 Å². The smallest absolute Gasteiger partial charge is 0.261 e. The van der Waals surface area contributed by atoms with Crippen LogP contribution in [-0.4, -0.2) is 29.8 Å². The van der Waals surface area contributed by atoms with Crippen molar-refractivity contribution in [3.8, 4) is 22.8 Å². The molecule has 1 atom stereocenters. The molecule has 6 nitrogen and oxygen atoms in total. The van der Waals surface area contributed by atoms with Crippen LogP contribution in [0.2, 0.25) is 0 Å². The molecule has 4 rings (SSSR count). The van der Waals surface area contributed by atoms with Gasteiger partial charge in [0.15, 0.2) is 10.9 Å². The molecule has 0 aliphatic carbocycles. The number of rotatable bonds is 8. The van der Waals surface area contributed by atoms with E-state index in [1.54, 1.807) is 0 Å². The Bertz CT molecular complexity index is 1110. The molecule has 0 bridgehead atoms. The second-order valence-corrected chi connectivity index (χ2v) is 8.78. The third-order valence-corrected chi connectivity index (χ3v) is 6.58. The minimum atomic E-state index is -0.497. The Balaban J connectivity index is 1.55. The predicted molar refractivity (Wildman–Crippen MR) is 127 cm³/mol. The predicted octanol–water partition coefficient (Wildman–Crippen LogP) is 5.06. The van der Waals surface area contributed by atoms with Gasteiger partial charge < -0.3 is 15.4 Å². The number of benzene rings is 2. The van der Waals surface area contributed by atoms with Gasteiger partial charge in [-0.05, 0) is 61.2 Å². The quantitative estimate of drug-likeness (QED) is 0.488. The molecular weight excluding hydrogens is 422 g/mol. The van der Waals surface area contributed by atoms with Crippen molar-refractivity contribution in [3.63, 3.8) is 0 Å². The fourth-order valence-corrected chi connectivity index (χ4v) is 4.86. The van der Waals surface area contributed by atoms with Crippen molar-refractivity contribution in [2.24, 2.45) is 11.7 Å². The molecule has 1 aromatic heterocycles. The Morgan fingerprint density at radius 2 is 1.88 bits per heavy atom. The molecule has 0 saturated carbocycles. The number of anilines is 1. The van der Waals surface area contributed by atoms with Gasteiger partial charge in [0.1, 0.15) is 16.4 Å². The maximum Gasteiger partial charge on any atom is 0.261 e. The van der Waals surface area contributed by atoms with Crippen molar-refractivity contribution in [2.75, 3.05) is 18.0 Å². The molecule has 2 N–H and O–H groups in total. The van der Waals surface area contributed by atoms with Gasteiger partial charge in [-0.25, -0.2) is 4.98 Å². The summed E-state index contributed by atoms with van der Waals surface area (Å²) in [6, 6.07) is 17.0. The molecule has 0 radical (unpaired) electrons. The van der Waals surface area contributed by atoms with Gasteiger partial charge in [-0.1, -0.05) is 36.1 Å². The lowest BCUT2D eigenvalue weighted by Crippen LogP contribution is -2.36. The van der Waals surface area contributed by atoms with Crippen molar-refractivity contribution in [2.45, 2.75) is 19.3 Å². The molecule has 1 amide bonds. The topological polar surface area (TPSA) is 85.5 Å². The van der Waals surface area contributed by atoms with Crippen LogP contribution in [0.15, 0.2) is 67.3 Å². The second-order valence-electron chi connectivity index (χ2n) is 7.81. The fourth-order valence-electron chi connectivity index (χ4n) is 3.89. The van der Waals surface area contributed by atoms with Gasteiger partial charge in [-0.3, -0.25) is 9.59 Å². The normalized spacial score (nSPS) is 15.9. The van der Waals surface area contributed by atoms with Crippen LogP contribution in [0.1, 0.15) is 28.9 Å². The van der Waals surface area contributed by atoms with Crippen molar-refractivity contribution in [1.82, 2.24) is 4.98 Å². The van der Waals surface area contributed by atoms with Crippen LogP contribution in [0.25, 0.3) is 11.3 Å². The maximum atomic E-state index is 12.1. The molecule has 32 heavy (non-hydrogen) atoms. The monoisotopic (exact) mass is 447 g/mol. The highest BCUT2D eigenvalue weighted by Gasteiger charge is 2.26. The number of allylic oxidation sites excluding steroid dienone is 1. The van der Waals surface area contributed by atoms with Crippen LogP contribution >= 0.6 is 11.3 Å². The van der Waals surface area contributed by atoms with Gasteiger partial charge in [0, 0.05) is 25.1 Å². The summed E-state index contributed by atoms with van der Waals surface area (Å²) in [6.45, 7) is 5.14. The third-order valence-electron chi connectivity index (χ3n) is 5.45. The number of ether oxygens (including phenoxy) is 1. The Kier molecular flexibility index (Phi) is 6.66. The highest BCUT2D eigenvalue weighted by Crippen LogP contribution is 2.36. The summed E-state index contributed by atoms with van der Waals surface area (Å²) in [6.07, 6.45) is 3.85. The molecule has 1 saturated heterocycles. The average Bonchev–Trinajstić information content (AvgIpc) is 3.26. The first kappa shape index (κ1) is 21.8. The van der Waals surface area contributed by atoms with E-state index in [2.05, 4.69) is 11.5 Å². The number of carbonyl (C=O) groups is 2. The number of amides is 1. The van der Waals surface area contributed by atoms with Gasteiger partial charge >= 0.3 is 0 Å². The van der Waals surface area contributed by atoms with E-state index in [0.29, 0.717) is 22.7 Å². The molecule has 2 heterocycles. The highest BCUT2D eigenvalue weighted by atomic mass is 32.1. The summed E-state index contributed by atoms with van der Waals surface area (Å²) in [4.78, 5) is 31.3. The molecule has 7 heteroatoms. The standard InChI is InChI=1S/C25H25N3O3S/c1-2-19(29)15-17-7-6-14-28(16-17)25-27-22(23(32-25)24(26)30)18-10-12-21(13-11-18)31-20-8-4-3-5-9-20/h2-5,8-13,17H,1,6-7,14-16H2,(H2,26,30)/t17-/m0/s1. The van der Waals surface area contributed by atoms with E-state index in [1.165, 1.54) is 17.4 Å². The largest absolute Gasteiger partial charge is 0.457 e. The number of aromatic nitrogens is 1. The van der Waals surface area contributed by atoms with E-state index in [-0.39, 0.29) is 11.7 Å². The van der Waals surface area contributed by atoms with E-state index in [0.717, 1.165) is 42.4 Å². The van der Waals surface area contributed by atoms with Crippen LogP contribution in [0.3, 0.4) is 0 Å². The summed E-state index contributed by atoms with van der Waals surface area (Å²) in [5.74, 6) is 1.27. The number of thiazole rings is 1. The lowest BCUT2D eigenvalue weighted by molar-refractivity contribution is -0.115. The average molecular weight is 448 g/mol. The first-order valence-electron chi connectivity index (χ1n) is 10.6. The minimum absolute atomic E-state index is 0.0623. The second kappa shape index (κ2) is 9.78. The van der Waals surface area contributed by atoms with E-state index >= 15 is 0 Å². The Morgan fingerprint density at radius 3 is 2.56 bits per heavy atom. The fraction of sp³-hybridized carbons (Fsp3) is 0.240. The first-order valence-corrected chi connectivity index (χ1v) is 11.4. The molecule has 0 spiro atoms. The van der Waals surface area contributed by atoms with E-state index in [4.69, 9.17) is 15.5 Å². The molecule has 1 aliphatic rings. The lowest BCUT2D eigenvalue weighted by Gasteiger charge is -2.32. The number of primary amides is 1. The molecular formula is C25H25N3O3S. The molecule has 1 fully saturated rings. The lowest BCUT2D eigenvalue weighted by atomic mass is 9.93. The summed E-state index contributed by atoms with van der Waals surface area (Å²) in [5.41, 5.74) is 7.05. The van der Waals surface area contributed by atoms with Crippen LogP contribution in [-0.2, 0) is 4.79 Å². The van der Waals surface area contributed by atoms with Crippen molar-refractivity contribution < 1.29 is 14.3 Å². The first-order chi connectivity index (χ1) is 15.5. The number of carbonyl (C=O) groups excluding carboxylic acids is 2. The number of nitrogens with two attached hydrogens (primary N) is 1. The van der Waals surface area contributed by atoms with Crippen molar-refractivity contribution in [1.29, 1.82) is 0 Å². The molecule has 1 aliphatic heterocycles. The van der Waals surface area contributed by atoms with Crippen molar-refractivity contribution >= 4 is 28.2 Å². The molecule has 3 aromatic rings. The van der Waals surface area contributed by atoms with Crippen LogP contribution in [0, 0.1) is 5.92 Å². The van der Waals surface area contributed by atoms with Crippen LogP contribution in [0.4, 0.5) is 5.13 Å². The molecule has 164 valence electrons. The summed E-state index contributed by atoms with van der Waals surface area (Å²) in [5, 5.41) is 0.758. The Morgan fingerprint density at radius 1 is 1.16 bits per heavy atom. The van der Waals surface area contributed by atoms with Gasteiger partial charge in [0.25, 0.3) is 5.91 Å². The van der Waals surface area contributed by atoms with Gasteiger partial charge in [0.2, 0.25) is 0 Å². The maximum absolute atomic E-state index is 12.1. The number of piperidine rings is 1. The van der Waals surface area contributed by atoms with Crippen molar-refractivity contribution in [3.05, 3.63) is 72.1 Å². The zero-order chi connectivity index (χ0) is 22.5. The van der Waals surface area contributed by atoms with Crippen LogP contribution in [0.5, 0.6) is 11.5 Å². The SMILES string of the molecule is C=CC(=O)C[C@@H]1CCCN(c2nc(-c3ccc(Oc4ccccc4)cc3)c(C(N)=O)s2)C1. The number of nitrogens with zero attached hydrogens (tertiary/aromatic N) is 2.